The van der Waals surface area contributed by atoms with Crippen molar-refractivity contribution in [3.05, 3.63) is 35.8 Å². The van der Waals surface area contributed by atoms with Gasteiger partial charge in [-0.1, -0.05) is 0 Å². The minimum Gasteiger partial charge on any atom is -0.488 e. The molecule has 1 N–H and O–H groups in total. The Labute approximate surface area is 152 Å². The number of fused-ring (bicyclic) bond motifs is 3. The molecule has 2 aromatic rings. The van der Waals surface area contributed by atoms with E-state index in [1.165, 1.54) is 18.6 Å². The molecule has 1 saturated carbocycles. The lowest BCUT2D eigenvalue weighted by molar-refractivity contribution is -0.0399. The summed E-state index contributed by atoms with van der Waals surface area (Å²) in [5.74, 6) is -6.40. The predicted molar refractivity (Wildman–Crippen MR) is 87.7 cm³/mol. The molecule has 0 radical (unpaired) electrons. The number of rotatable bonds is 2. The Balaban J connectivity index is 1.65. The van der Waals surface area contributed by atoms with Crippen molar-refractivity contribution in [1.82, 2.24) is 14.9 Å². The van der Waals surface area contributed by atoms with Crippen LogP contribution in [0.25, 0.3) is 11.3 Å². The number of carbonyl (C=O) groups is 1. The third-order valence-corrected chi connectivity index (χ3v) is 5.03. The molecule has 4 rings (SSSR count). The normalized spacial score (nSPS) is 18.8. The topological polar surface area (TPSA) is 56.1 Å². The third kappa shape index (κ3) is 3.26. The molecule has 5 nitrogen and oxygen atoms in total. The second-order valence-corrected chi connectivity index (χ2v) is 6.85. The highest BCUT2D eigenvalue weighted by Crippen LogP contribution is 2.38. The predicted octanol–water partition coefficient (Wildman–Crippen LogP) is 3.53. The Kier molecular flexibility index (Phi) is 4.32. The van der Waals surface area contributed by atoms with Crippen LogP contribution in [0.4, 0.5) is 17.6 Å². The van der Waals surface area contributed by atoms with Crippen LogP contribution in [-0.2, 0) is 6.54 Å². The van der Waals surface area contributed by atoms with Gasteiger partial charge in [-0.2, -0.15) is 4.39 Å². The van der Waals surface area contributed by atoms with Crippen LogP contribution in [0.2, 0.25) is 0 Å². The summed E-state index contributed by atoms with van der Waals surface area (Å²) in [6.07, 6.45) is 2.51. The van der Waals surface area contributed by atoms with Crippen molar-refractivity contribution in [2.45, 2.75) is 44.2 Å². The molecule has 0 bridgehead atoms. The van der Waals surface area contributed by atoms with Crippen molar-refractivity contribution in [2.24, 2.45) is 0 Å². The number of hydrogen-bond acceptors (Lipinski definition) is 3. The van der Waals surface area contributed by atoms with E-state index < -0.39 is 35.1 Å². The van der Waals surface area contributed by atoms with Gasteiger partial charge >= 0.3 is 0 Å². The van der Waals surface area contributed by atoms with Gasteiger partial charge in [-0.15, -0.1) is 0 Å². The van der Waals surface area contributed by atoms with Crippen LogP contribution in [0.1, 0.15) is 36.0 Å². The van der Waals surface area contributed by atoms with Gasteiger partial charge in [0.1, 0.15) is 6.61 Å². The molecule has 2 aliphatic rings. The molecule has 1 aliphatic heterocycles. The first kappa shape index (κ1) is 17.8. The molecule has 0 spiro atoms. The maximum atomic E-state index is 14.6. The molecule has 9 heteroatoms. The Morgan fingerprint density at radius 1 is 1.26 bits per heavy atom. The Hall–Kier alpha value is -2.58. The lowest BCUT2D eigenvalue weighted by atomic mass is 9.92. The van der Waals surface area contributed by atoms with Crippen LogP contribution in [0, 0.1) is 11.6 Å². The summed E-state index contributed by atoms with van der Waals surface area (Å²) >= 11 is 0. The number of nitrogens with zero attached hydrogens (tertiary/aromatic N) is 2. The number of ether oxygens (including phenoxy) is 1. The number of benzene rings is 1. The second kappa shape index (κ2) is 6.54. The Morgan fingerprint density at radius 2 is 2.00 bits per heavy atom. The van der Waals surface area contributed by atoms with Crippen LogP contribution >= 0.6 is 0 Å². The van der Waals surface area contributed by atoms with Crippen LogP contribution in [-0.4, -0.2) is 34.0 Å². The van der Waals surface area contributed by atoms with Crippen molar-refractivity contribution in [2.75, 3.05) is 6.61 Å². The van der Waals surface area contributed by atoms with Gasteiger partial charge in [0, 0.05) is 24.4 Å². The minimum absolute atomic E-state index is 0.0870. The van der Waals surface area contributed by atoms with Crippen molar-refractivity contribution >= 4 is 5.91 Å². The maximum absolute atomic E-state index is 14.6. The first-order chi connectivity index (χ1) is 12.9. The molecule has 1 aromatic carbocycles. The van der Waals surface area contributed by atoms with Crippen LogP contribution < -0.4 is 10.1 Å². The summed E-state index contributed by atoms with van der Waals surface area (Å²) < 4.78 is 62.6. The molecule has 2 heterocycles. The molecule has 1 amide bonds. The summed E-state index contributed by atoms with van der Waals surface area (Å²) in [6, 6.07) is 0.722. The fourth-order valence-electron chi connectivity index (χ4n) is 3.52. The quantitative estimate of drug-likeness (QED) is 0.808. The van der Waals surface area contributed by atoms with Gasteiger partial charge in [0.25, 0.3) is 5.91 Å². The van der Waals surface area contributed by atoms with E-state index in [9.17, 15) is 22.4 Å². The number of carbonyl (C=O) groups excluding carboxylic acids is 1. The molecule has 144 valence electrons. The second-order valence-electron chi connectivity index (χ2n) is 6.85. The van der Waals surface area contributed by atoms with E-state index in [4.69, 9.17) is 4.74 Å². The van der Waals surface area contributed by atoms with E-state index in [0.29, 0.717) is 12.2 Å². The summed E-state index contributed by atoms with van der Waals surface area (Å²) in [5, 5.41) is 2.54. The number of aromatic nitrogens is 2. The summed E-state index contributed by atoms with van der Waals surface area (Å²) in [5.41, 5.74) is 0.249. The van der Waals surface area contributed by atoms with Crippen LogP contribution in [0.3, 0.4) is 0 Å². The van der Waals surface area contributed by atoms with Crippen molar-refractivity contribution in [1.29, 1.82) is 0 Å². The molecule has 1 fully saturated rings. The largest absolute Gasteiger partial charge is 0.488 e. The zero-order valence-corrected chi connectivity index (χ0v) is 14.3. The lowest BCUT2D eigenvalue weighted by Gasteiger charge is -2.28. The number of hydrogen-bond donors (Lipinski definition) is 1. The molecule has 27 heavy (non-hydrogen) atoms. The van der Waals surface area contributed by atoms with Gasteiger partial charge in [0.2, 0.25) is 11.7 Å². The van der Waals surface area contributed by atoms with E-state index >= 15 is 0 Å². The maximum Gasteiger partial charge on any atom is 0.254 e. The van der Waals surface area contributed by atoms with Crippen molar-refractivity contribution in [3.63, 3.8) is 0 Å². The van der Waals surface area contributed by atoms with E-state index in [1.807, 2.05) is 0 Å². The van der Waals surface area contributed by atoms with Gasteiger partial charge in [0.15, 0.2) is 11.6 Å². The summed E-state index contributed by atoms with van der Waals surface area (Å²) in [7, 11) is 0. The first-order valence-electron chi connectivity index (χ1n) is 8.70. The van der Waals surface area contributed by atoms with E-state index in [1.54, 1.807) is 4.57 Å². The highest BCUT2D eigenvalue weighted by Gasteiger charge is 2.36. The van der Waals surface area contributed by atoms with Gasteiger partial charge in [-0.3, -0.25) is 4.79 Å². The Morgan fingerprint density at radius 3 is 2.74 bits per heavy atom. The average Bonchev–Trinajstić information content (AvgIpc) is 3.02. The van der Waals surface area contributed by atoms with Crippen LogP contribution in [0.5, 0.6) is 5.75 Å². The fourth-order valence-corrected chi connectivity index (χ4v) is 3.52. The van der Waals surface area contributed by atoms with Gasteiger partial charge < -0.3 is 14.6 Å². The van der Waals surface area contributed by atoms with Crippen molar-refractivity contribution < 1.29 is 27.1 Å². The standard InChI is InChI=1S/C18H17F4N3O2/c19-14-12(17(26)24-10-1-3-18(21,22)4-2-10)7-11-13-8-23-9-25(13)5-6-27-16(11)15(14)20/h7-10H,1-6H2,(H,24,26). The number of amides is 1. The average molecular weight is 383 g/mol. The molecule has 1 aliphatic carbocycles. The zero-order chi connectivity index (χ0) is 19.2. The highest BCUT2D eigenvalue weighted by molar-refractivity contribution is 5.96. The summed E-state index contributed by atoms with van der Waals surface area (Å²) in [4.78, 5) is 16.5. The lowest BCUT2D eigenvalue weighted by Crippen LogP contribution is -2.40. The van der Waals surface area contributed by atoms with E-state index in [2.05, 4.69) is 10.3 Å². The molecule has 0 saturated heterocycles. The van der Waals surface area contributed by atoms with E-state index in [-0.39, 0.29) is 43.6 Å². The number of nitrogens with one attached hydrogen (secondary N) is 1. The molecule has 0 unspecified atom stereocenters. The van der Waals surface area contributed by atoms with Gasteiger partial charge in [-0.25, -0.2) is 18.2 Å². The Bertz CT molecular complexity index is 887. The smallest absolute Gasteiger partial charge is 0.254 e. The first-order valence-corrected chi connectivity index (χ1v) is 8.70. The number of halogens is 4. The number of imidazole rings is 1. The fraction of sp³-hybridized carbons (Fsp3) is 0.444. The minimum atomic E-state index is -2.74. The summed E-state index contributed by atoms with van der Waals surface area (Å²) in [6.45, 7) is 0.539. The molecule has 1 aromatic heterocycles. The third-order valence-electron chi connectivity index (χ3n) is 5.03. The molecule has 0 atom stereocenters. The monoisotopic (exact) mass is 383 g/mol. The van der Waals surface area contributed by atoms with E-state index in [0.717, 1.165) is 0 Å². The van der Waals surface area contributed by atoms with Gasteiger partial charge in [-0.05, 0) is 18.9 Å². The highest BCUT2D eigenvalue weighted by atomic mass is 19.3. The van der Waals surface area contributed by atoms with Gasteiger partial charge in [0.05, 0.1) is 30.3 Å². The van der Waals surface area contributed by atoms with Crippen molar-refractivity contribution in [3.8, 4) is 17.0 Å². The number of alkyl halides is 2. The zero-order valence-electron chi connectivity index (χ0n) is 14.3. The van der Waals surface area contributed by atoms with Crippen LogP contribution in [0.15, 0.2) is 18.6 Å². The SMILES string of the molecule is O=C(NC1CCC(F)(F)CC1)c1cc2c(c(F)c1F)OCCn1cncc1-2. The molecular weight excluding hydrogens is 366 g/mol. The molecular formula is C18H17F4N3O2.